The summed E-state index contributed by atoms with van der Waals surface area (Å²) in [5.41, 5.74) is 0. The Hall–Kier alpha value is -0.700. The van der Waals surface area contributed by atoms with E-state index >= 15 is 0 Å². The van der Waals surface area contributed by atoms with E-state index in [4.69, 9.17) is 18.9 Å². The predicted molar refractivity (Wildman–Crippen MR) is 129 cm³/mol. The largest absolute Gasteiger partial charge is 0.394 e. The smallest absolute Gasteiger partial charge is 0.187 e. The van der Waals surface area contributed by atoms with Crippen molar-refractivity contribution in [3.05, 3.63) is 12.2 Å². The van der Waals surface area contributed by atoms with E-state index in [-0.39, 0.29) is 6.61 Å². The average molecular weight is 523 g/mol. The first kappa shape index (κ1) is 31.5. The Morgan fingerprint density at radius 2 is 1.22 bits per heavy atom. The molecule has 212 valence electrons. The first-order valence-corrected chi connectivity index (χ1v) is 13.2. The van der Waals surface area contributed by atoms with Crippen molar-refractivity contribution in [2.75, 3.05) is 19.8 Å². The van der Waals surface area contributed by atoms with Crippen molar-refractivity contribution in [3.8, 4) is 0 Å². The van der Waals surface area contributed by atoms with Gasteiger partial charge in [0.1, 0.15) is 48.8 Å². The fourth-order valence-electron chi connectivity index (χ4n) is 4.43. The summed E-state index contributed by atoms with van der Waals surface area (Å²) >= 11 is 0. The van der Waals surface area contributed by atoms with E-state index in [1.165, 1.54) is 44.9 Å². The molecule has 2 saturated heterocycles. The summed E-state index contributed by atoms with van der Waals surface area (Å²) in [5, 5.41) is 70.1. The van der Waals surface area contributed by atoms with E-state index in [0.717, 1.165) is 12.8 Å². The van der Waals surface area contributed by atoms with Crippen molar-refractivity contribution in [1.29, 1.82) is 0 Å². The Morgan fingerprint density at radius 1 is 0.639 bits per heavy atom. The molecule has 36 heavy (non-hydrogen) atoms. The van der Waals surface area contributed by atoms with Crippen LogP contribution >= 0.6 is 0 Å². The van der Waals surface area contributed by atoms with Crippen LogP contribution in [0.25, 0.3) is 0 Å². The third kappa shape index (κ3) is 9.25. The van der Waals surface area contributed by atoms with Gasteiger partial charge < -0.3 is 54.7 Å². The second kappa shape index (κ2) is 17.0. The number of aliphatic hydroxyl groups is 7. The van der Waals surface area contributed by atoms with Gasteiger partial charge in [-0.1, -0.05) is 64.0 Å². The first-order chi connectivity index (χ1) is 17.3. The van der Waals surface area contributed by atoms with E-state index in [9.17, 15) is 35.7 Å². The highest BCUT2D eigenvalue weighted by Crippen LogP contribution is 2.29. The lowest BCUT2D eigenvalue weighted by Gasteiger charge is -2.45. The topological polar surface area (TPSA) is 179 Å². The van der Waals surface area contributed by atoms with Gasteiger partial charge in [0, 0.05) is 0 Å². The lowest BCUT2D eigenvalue weighted by molar-refractivity contribution is -0.358. The van der Waals surface area contributed by atoms with Crippen molar-refractivity contribution >= 4 is 0 Å². The van der Waals surface area contributed by atoms with Gasteiger partial charge in [0.05, 0.1) is 19.8 Å². The quantitative estimate of drug-likeness (QED) is 0.105. The van der Waals surface area contributed by atoms with Crippen LogP contribution in [-0.4, -0.2) is 117 Å². The first-order valence-electron chi connectivity index (χ1n) is 13.2. The molecule has 0 aromatic rings. The van der Waals surface area contributed by atoms with Crippen LogP contribution in [0.3, 0.4) is 0 Å². The van der Waals surface area contributed by atoms with Gasteiger partial charge in [-0.15, -0.1) is 0 Å². The van der Waals surface area contributed by atoms with Crippen LogP contribution in [-0.2, 0) is 18.9 Å². The van der Waals surface area contributed by atoms with E-state index in [0.29, 0.717) is 0 Å². The molecule has 2 fully saturated rings. The summed E-state index contributed by atoms with van der Waals surface area (Å²) < 4.78 is 21.9. The minimum absolute atomic E-state index is 0.141. The number of hydrogen-bond donors (Lipinski definition) is 7. The summed E-state index contributed by atoms with van der Waals surface area (Å²) in [6, 6.07) is 0. The van der Waals surface area contributed by atoms with Crippen molar-refractivity contribution in [2.24, 2.45) is 0 Å². The standard InChI is InChI=1S/C25H46O11/c1-2-3-4-5-6-7-8-9-10-11-12-13-33-24-22(32)20(30)23(17(15-27)35-24)36-25-21(31)19(29)18(28)16(14-26)34-25/h11-12,16-32H,2-10,13-15H2,1H3/b12-11+/t16?,17?,18-,19-,20+,21?,22?,23+,24+,25-/m0/s1. The second-order valence-corrected chi connectivity index (χ2v) is 9.57. The highest BCUT2D eigenvalue weighted by atomic mass is 16.7. The number of unbranched alkanes of at least 4 members (excludes halogenated alkanes) is 8. The molecule has 0 aromatic carbocycles. The van der Waals surface area contributed by atoms with E-state index in [1.807, 2.05) is 12.2 Å². The summed E-state index contributed by atoms with van der Waals surface area (Å²) in [4.78, 5) is 0. The Balaban J connectivity index is 1.75. The fourth-order valence-corrected chi connectivity index (χ4v) is 4.43. The third-order valence-corrected chi connectivity index (χ3v) is 6.71. The molecule has 0 radical (unpaired) electrons. The van der Waals surface area contributed by atoms with E-state index in [2.05, 4.69) is 6.92 Å². The summed E-state index contributed by atoms with van der Waals surface area (Å²) in [6.45, 7) is 1.11. The Bertz CT molecular complexity index is 603. The van der Waals surface area contributed by atoms with E-state index < -0.39 is 74.6 Å². The fraction of sp³-hybridized carbons (Fsp3) is 0.920. The number of hydrogen-bond acceptors (Lipinski definition) is 11. The van der Waals surface area contributed by atoms with Crippen molar-refractivity contribution in [3.63, 3.8) is 0 Å². The predicted octanol–water partition coefficient (Wildman–Crippen LogP) is -0.286. The molecule has 0 saturated carbocycles. The molecule has 0 aromatic heterocycles. The van der Waals surface area contributed by atoms with Crippen molar-refractivity contribution in [2.45, 2.75) is 126 Å². The molecule has 2 rings (SSSR count). The van der Waals surface area contributed by atoms with Gasteiger partial charge in [0.15, 0.2) is 12.6 Å². The minimum Gasteiger partial charge on any atom is -0.394 e. The van der Waals surface area contributed by atoms with Crippen molar-refractivity contribution < 1.29 is 54.7 Å². The maximum atomic E-state index is 10.6. The molecular weight excluding hydrogens is 476 g/mol. The minimum atomic E-state index is -1.70. The zero-order valence-electron chi connectivity index (χ0n) is 21.2. The molecule has 0 aliphatic carbocycles. The van der Waals surface area contributed by atoms with Gasteiger partial charge in [-0.2, -0.15) is 0 Å². The maximum absolute atomic E-state index is 10.6. The highest BCUT2D eigenvalue weighted by molar-refractivity contribution is 4.94. The van der Waals surface area contributed by atoms with Gasteiger partial charge in [0.2, 0.25) is 0 Å². The molecule has 2 aliphatic rings. The van der Waals surface area contributed by atoms with Crippen LogP contribution in [0, 0.1) is 0 Å². The Labute approximate surface area is 213 Å². The lowest BCUT2D eigenvalue weighted by atomic mass is 9.97. The third-order valence-electron chi connectivity index (χ3n) is 6.71. The average Bonchev–Trinajstić information content (AvgIpc) is 2.88. The van der Waals surface area contributed by atoms with Crippen molar-refractivity contribution in [1.82, 2.24) is 0 Å². The van der Waals surface area contributed by atoms with Crippen LogP contribution in [0.15, 0.2) is 12.2 Å². The number of aliphatic hydroxyl groups excluding tert-OH is 7. The normalized spacial score (nSPS) is 37.6. The maximum Gasteiger partial charge on any atom is 0.187 e. The molecule has 0 bridgehead atoms. The molecule has 2 heterocycles. The van der Waals surface area contributed by atoms with Crippen LogP contribution in [0.2, 0.25) is 0 Å². The molecule has 10 atom stereocenters. The number of ether oxygens (including phenoxy) is 4. The van der Waals surface area contributed by atoms with Crippen LogP contribution in [0.1, 0.15) is 64.7 Å². The SMILES string of the molecule is CCCCCCCCCC/C=C/CO[C@@H]1OC(CO)[C@@H](O[C@@H]2OC(CO)[C@H](O)[C@H](O)C2O)[C@H](O)C1O. The molecule has 11 nitrogen and oxygen atoms in total. The molecule has 7 N–H and O–H groups in total. The zero-order chi connectivity index (χ0) is 26.5. The number of allylic oxidation sites excluding steroid dienone is 1. The van der Waals surface area contributed by atoms with Crippen LogP contribution < -0.4 is 0 Å². The molecule has 4 unspecified atom stereocenters. The second-order valence-electron chi connectivity index (χ2n) is 9.57. The molecular formula is C25H46O11. The van der Waals surface area contributed by atoms with Gasteiger partial charge in [0.25, 0.3) is 0 Å². The monoisotopic (exact) mass is 522 g/mol. The van der Waals surface area contributed by atoms with Gasteiger partial charge >= 0.3 is 0 Å². The van der Waals surface area contributed by atoms with Crippen LogP contribution in [0.4, 0.5) is 0 Å². The summed E-state index contributed by atoms with van der Waals surface area (Å²) in [6.07, 6.45) is 0.195. The van der Waals surface area contributed by atoms with Gasteiger partial charge in [-0.05, 0) is 12.8 Å². The highest BCUT2D eigenvalue weighted by Gasteiger charge is 2.50. The zero-order valence-corrected chi connectivity index (χ0v) is 21.2. The molecule has 0 spiro atoms. The van der Waals surface area contributed by atoms with Gasteiger partial charge in [-0.25, -0.2) is 0 Å². The summed E-state index contributed by atoms with van der Waals surface area (Å²) in [7, 11) is 0. The molecule has 0 amide bonds. The number of rotatable bonds is 16. The van der Waals surface area contributed by atoms with E-state index in [1.54, 1.807) is 0 Å². The molecule has 2 aliphatic heterocycles. The Kier molecular flexibility index (Phi) is 14.9. The van der Waals surface area contributed by atoms with Crippen LogP contribution in [0.5, 0.6) is 0 Å². The Morgan fingerprint density at radius 3 is 1.86 bits per heavy atom. The lowest BCUT2D eigenvalue weighted by Crippen LogP contribution is -2.64. The molecule has 11 heteroatoms. The summed E-state index contributed by atoms with van der Waals surface area (Å²) in [5.74, 6) is 0. The van der Waals surface area contributed by atoms with Gasteiger partial charge in [-0.3, -0.25) is 0 Å².